The summed E-state index contributed by atoms with van der Waals surface area (Å²) < 4.78 is 4.45. The van der Waals surface area contributed by atoms with Gasteiger partial charge in [-0.05, 0) is 25.0 Å². The van der Waals surface area contributed by atoms with Gasteiger partial charge in [0.25, 0.3) is 0 Å². The molecule has 0 aliphatic carbocycles. The molecular weight excluding hydrogens is 274 g/mol. The van der Waals surface area contributed by atoms with Crippen molar-refractivity contribution >= 4 is 11.0 Å². The Morgan fingerprint density at radius 1 is 1.32 bits per heavy atom. The summed E-state index contributed by atoms with van der Waals surface area (Å²) in [5, 5.41) is 3.57. The van der Waals surface area contributed by atoms with Gasteiger partial charge in [-0.2, -0.15) is 0 Å². The van der Waals surface area contributed by atoms with E-state index in [-0.39, 0.29) is 0 Å². The smallest absolute Gasteiger partial charge is 0.123 e. The summed E-state index contributed by atoms with van der Waals surface area (Å²) in [5.74, 6) is 2.82. The highest BCUT2D eigenvalue weighted by Gasteiger charge is 2.21. The SMILES string of the molecule is Cn1c(CNC[C@@H]2CCCn3ccnc32)nc2ccccc21. The second kappa shape index (κ2) is 5.57. The summed E-state index contributed by atoms with van der Waals surface area (Å²) in [6.07, 6.45) is 6.46. The maximum atomic E-state index is 4.71. The number of hydrogen-bond acceptors (Lipinski definition) is 3. The average molecular weight is 295 g/mol. The van der Waals surface area contributed by atoms with Crippen LogP contribution in [-0.2, 0) is 20.1 Å². The minimum Gasteiger partial charge on any atom is -0.335 e. The molecule has 3 heterocycles. The number of para-hydroxylation sites is 2. The highest BCUT2D eigenvalue weighted by Crippen LogP contribution is 2.25. The van der Waals surface area contributed by atoms with E-state index in [1.807, 2.05) is 12.3 Å². The Bertz CT molecular complexity index is 785. The van der Waals surface area contributed by atoms with Crippen molar-refractivity contribution in [2.24, 2.45) is 7.05 Å². The molecule has 1 aliphatic rings. The third-order valence-corrected chi connectivity index (χ3v) is 4.62. The Kier molecular flexibility index (Phi) is 3.42. The van der Waals surface area contributed by atoms with E-state index >= 15 is 0 Å². The van der Waals surface area contributed by atoms with Crippen molar-refractivity contribution < 1.29 is 0 Å². The third-order valence-electron chi connectivity index (χ3n) is 4.62. The van der Waals surface area contributed by atoms with Crippen molar-refractivity contribution in [3.8, 4) is 0 Å². The molecule has 22 heavy (non-hydrogen) atoms. The molecule has 0 unspecified atom stereocenters. The van der Waals surface area contributed by atoms with Crippen LogP contribution in [0.1, 0.15) is 30.4 Å². The quantitative estimate of drug-likeness (QED) is 0.804. The molecule has 114 valence electrons. The van der Waals surface area contributed by atoms with Crippen LogP contribution in [0.25, 0.3) is 11.0 Å². The molecule has 0 saturated heterocycles. The number of nitrogens with one attached hydrogen (secondary N) is 1. The lowest BCUT2D eigenvalue weighted by Gasteiger charge is -2.23. The summed E-state index contributed by atoms with van der Waals surface area (Å²) in [6, 6.07) is 8.28. The Hall–Kier alpha value is -2.14. The van der Waals surface area contributed by atoms with Crippen molar-refractivity contribution in [1.82, 2.24) is 24.4 Å². The largest absolute Gasteiger partial charge is 0.335 e. The van der Waals surface area contributed by atoms with Crippen molar-refractivity contribution in [3.05, 3.63) is 48.3 Å². The molecule has 0 fully saturated rings. The predicted octanol–water partition coefficient (Wildman–Crippen LogP) is 2.44. The van der Waals surface area contributed by atoms with Gasteiger partial charge < -0.3 is 14.5 Å². The molecule has 0 radical (unpaired) electrons. The Morgan fingerprint density at radius 2 is 2.23 bits per heavy atom. The molecule has 3 aromatic rings. The summed E-state index contributed by atoms with van der Waals surface area (Å²) in [6.45, 7) is 2.86. The van der Waals surface area contributed by atoms with Gasteiger partial charge in [0, 0.05) is 38.4 Å². The topological polar surface area (TPSA) is 47.7 Å². The molecule has 0 bridgehead atoms. The lowest BCUT2D eigenvalue weighted by Crippen LogP contribution is -2.27. The summed E-state index contributed by atoms with van der Waals surface area (Å²) >= 11 is 0. The zero-order valence-corrected chi connectivity index (χ0v) is 12.9. The van der Waals surface area contributed by atoms with Crippen molar-refractivity contribution in [2.45, 2.75) is 31.8 Å². The van der Waals surface area contributed by atoms with E-state index in [9.17, 15) is 0 Å². The van der Waals surface area contributed by atoms with Gasteiger partial charge in [0.15, 0.2) is 0 Å². The molecule has 4 rings (SSSR count). The highest BCUT2D eigenvalue weighted by atomic mass is 15.1. The maximum Gasteiger partial charge on any atom is 0.123 e. The van der Waals surface area contributed by atoms with E-state index < -0.39 is 0 Å². The van der Waals surface area contributed by atoms with Crippen LogP contribution in [-0.4, -0.2) is 25.6 Å². The molecule has 1 aromatic carbocycles. The molecule has 1 N–H and O–H groups in total. The predicted molar refractivity (Wildman–Crippen MR) is 86.6 cm³/mol. The standard InChI is InChI=1S/C17H21N5/c1-21-15-7-3-2-6-14(15)20-16(21)12-18-11-13-5-4-9-22-10-8-19-17(13)22/h2-3,6-8,10,13,18H,4-5,9,11-12H2,1H3/t13-/m0/s1. The zero-order chi connectivity index (χ0) is 14.9. The van der Waals surface area contributed by atoms with E-state index in [0.717, 1.165) is 31.0 Å². The fourth-order valence-electron chi connectivity index (χ4n) is 3.41. The molecule has 2 aromatic heterocycles. The second-order valence-electron chi connectivity index (χ2n) is 6.02. The van der Waals surface area contributed by atoms with Gasteiger partial charge in [-0.1, -0.05) is 12.1 Å². The average Bonchev–Trinajstić information content (AvgIpc) is 3.14. The monoisotopic (exact) mass is 295 g/mol. The van der Waals surface area contributed by atoms with Gasteiger partial charge in [0.05, 0.1) is 17.6 Å². The molecule has 5 nitrogen and oxygen atoms in total. The van der Waals surface area contributed by atoms with E-state index in [1.54, 1.807) is 0 Å². The zero-order valence-electron chi connectivity index (χ0n) is 12.9. The maximum absolute atomic E-state index is 4.71. The van der Waals surface area contributed by atoms with Crippen LogP contribution in [0.4, 0.5) is 0 Å². The number of fused-ring (bicyclic) bond motifs is 2. The summed E-state index contributed by atoms with van der Waals surface area (Å²) in [5.41, 5.74) is 2.25. The fourth-order valence-corrected chi connectivity index (χ4v) is 3.41. The van der Waals surface area contributed by atoms with Crippen LogP contribution in [0.3, 0.4) is 0 Å². The normalized spacial score (nSPS) is 17.8. The number of benzene rings is 1. The first kappa shape index (κ1) is 13.5. The van der Waals surface area contributed by atoms with Crippen LogP contribution < -0.4 is 5.32 Å². The molecule has 0 spiro atoms. The Balaban J connectivity index is 1.44. The van der Waals surface area contributed by atoms with Gasteiger partial charge >= 0.3 is 0 Å². The van der Waals surface area contributed by atoms with E-state index in [2.05, 4.69) is 50.9 Å². The van der Waals surface area contributed by atoms with Crippen molar-refractivity contribution in [2.75, 3.05) is 6.54 Å². The first-order valence-electron chi connectivity index (χ1n) is 7.95. The highest BCUT2D eigenvalue weighted by molar-refractivity contribution is 5.75. The Labute approximate surface area is 130 Å². The number of imidazole rings is 2. The molecule has 0 amide bonds. The van der Waals surface area contributed by atoms with E-state index in [0.29, 0.717) is 5.92 Å². The van der Waals surface area contributed by atoms with Crippen molar-refractivity contribution in [1.29, 1.82) is 0 Å². The molecule has 5 heteroatoms. The number of nitrogens with zero attached hydrogens (tertiary/aromatic N) is 4. The Morgan fingerprint density at radius 3 is 3.14 bits per heavy atom. The molecular formula is C17H21N5. The third kappa shape index (κ3) is 2.31. The molecule has 1 atom stereocenters. The van der Waals surface area contributed by atoms with Crippen molar-refractivity contribution in [3.63, 3.8) is 0 Å². The minimum absolute atomic E-state index is 0.512. The first-order chi connectivity index (χ1) is 10.8. The van der Waals surface area contributed by atoms with Crippen LogP contribution in [0.5, 0.6) is 0 Å². The van der Waals surface area contributed by atoms with E-state index in [1.165, 1.54) is 24.2 Å². The number of hydrogen-bond donors (Lipinski definition) is 1. The van der Waals surface area contributed by atoms with Crippen LogP contribution in [0.15, 0.2) is 36.7 Å². The molecule has 0 saturated carbocycles. The minimum atomic E-state index is 0.512. The van der Waals surface area contributed by atoms with Gasteiger partial charge in [0.2, 0.25) is 0 Å². The number of aryl methyl sites for hydroxylation is 2. The summed E-state index contributed by atoms with van der Waals surface area (Å²) in [4.78, 5) is 9.23. The second-order valence-corrected chi connectivity index (χ2v) is 6.02. The summed E-state index contributed by atoms with van der Waals surface area (Å²) in [7, 11) is 2.08. The van der Waals surface area contributed by atoms with Gasteiger partial charge in [-0.15, -0.1) is 0 Å². The lowest BCUT2D eigenvalue weighted by atomic mass is 9.99. The fraction of sp³-hybridized carbons (Fsp3) is 0.412. The molecule has 1 aliphatic heterocycles. The van der Waals surface area contributed by atoms with Crippen LogP contribution >= 0.6 is 0 Å². The number of aromatic nitrogens is 4. The van der Waals surface area contributed by atoms with Crippen LogP contribution in [0.2, 0.25) is 0 Å². The van der Waals surface area contributed by atoms with Gasteiger partial charge in [-0.3, -0.25) is 0 Å². The lowest BCUT2D eigenvalue weighted by molar-refractivity contribution is 0.420. The van der Waals surface area contributed by atoms with E-state index in [4.69, 9.17) is 4.98 Å². The van der Waals surface area contributed by atoms with Crippen LogP contribution in [0, 0.1) is 0 Å². The first-order valence-corrected chi connectivity index (χ1v) is 7.95. The van der Waals surface area contributed by atoms with Gasteiger partial charge in [0.1, 0.15) is 11.6 Å². The number of rotatable bonds is 4. The van der Waals surface area contributed by atoms with Gasteiger partial charge in [-0.25, -0.2) is 9.97 Å².